The number of amides is 1. The number of nitrogens with one attached hydrogen (secondary N) is 1. The molecule has 0 spiro atoms. The van der Waals surface area contributed by atoms with Crippen LogP contribution in [0.5, 0.6) is 0 Å². The second-order valence-electron chi connectivity index (χ2n) is 19.5. The number of carbonyl (C=O) groups is 3. The molecule has 0 radical (unpaired) electrons. The van der Waals surface area contributed by atoms with Crippen molar-refractivity contribution >= 4 is 18.4 Å². The van der Waals surface area contributed by atoms with Gasteiger partial charge in [0.05, 0.1) is 23.3 Å². The number of rotatable bonds is 2. The molecule has 6 rings (SSSR count). The molecule has 1 amide bonds. The van der Waals surface area contributed by atoms with E-state index in [1.165, 1.54) is 35.1 Å². The van der Waals surface area contributed by atoms with E-state index in [4.69, 9.17) is 23.7 Å². The number of carbonyl (C=O) groups excluding carboxylic acids is 3. The van der Waals surface area contributed by atoms with E-state index in [0.29, 0.717) is 6.04 Å². The summed E-state index contributed by atoms with van der Waals surface area (Å²) in [6, 6.07) is 17.7. The van der Waals surface area contributed by atoms with Crippen molar-refractivity contribution in [3.8, 4) is 0 Å². The number of likely N-dealkylation sites (tertiary alicyclic amines) is 1. The second-order valence-corrected chi connectivity index (χ2v) is 19.5. The summed E-state index contributed by atoms with van der Waals surface area (Å²) in [5, 5.41) is 3.58. The molecule has 13 heteroatoms. The molecule has 2 saturated heterocycles. The van der Waals surface area contributed by atoms with E-state index in [9.17, 15) is 14.4 Å². The number of hydrogen-bond donors (Lipinski definition) is 1. The summed E-state index contributed by atoms with van der Waals surface area (Å²) in [5.41, 5.74) is 3.28. The van der Waals surface area contributed by atoms with Crippen LogP contribution < -0.4 is 34.9 Å². The Hall–Kier alpha value is -2.71. The fourth-order valence-electron chi connectivity index (χ4n) is 7.58. The Morgan fingerprint density at radius 2 is 1.12 bits per heavy atom. The van der Waals surface area contributed by atoms with Crippen LogP contribution in [-0.2, 0) is 41.3 Å². The van der Waals surface area contributed by atoms with Crippen molar-refractivity contribution in [3.63, 3.8) is 0 Å². The average Bonchev–Trinajstić information content (AvgIpc) is 3.74. The maximum atomic E-state index is 12.6. The molecular formula is C45H69N2NaO10. The standard InChI is InChI=1S/C20H29NO3.C15H21NO.C10H18O5.Na.H2O/c1-19(2,3)24-18(22)21-12-8-11-16(21)17-15-10-7-6-9-14(15)13-20(4,5)23-17;1-15(2)10-11-6-3-4-7-12(11)14(17-15)13-8-5-9-16-13;1-9(2,3)14-7(11)13-8(12)15-10(4,5)6;;/h6-7,9-10,16-17H,8,11-13H2,1-5H3;3-4,6-7,13-14,16H,5,8-10H2,1-2H3;1-6H3;;1H2/q;;;+1;/p-1/t16-,17?;13-,14?;;;/m00.../s1. The molecule has 2 aromatic rings. The third kappa shape index (κ3) is 16.0. The van der Waals surface area contributed by atoms with Crippen molar-refractivity contribution in [1.29, 1.82) is 0 Å². The van der Waals surface area contributed by atoms with Gasteiger partial charge in [-0.05, 0) is 144 Å². The Labute approximate surface area is 369 Å². The van der Waals surface area contributed by atoms with Crippen LogP contribution in [0.1, 0.15) is 150 Å². The van der Waals surface area contributed by atoms with Gasteiger partial charge in [0.2, 0.25) is 0 Å². The van der Waals surface area contributed by atoms with Gasteiger partial charge in [-0.15, -0.1) is 0 Å². The Morgan fingerprint density at radius 1 is 0.672 bits per heavy atom. The van der Waals surface area contributed by atoms with Crippen molar-refractivity contribution in [1.82, 2.24) is 10.2 Å². The van der Waals surface area contributed by atoms with Gasteiger partial charge in [0, 0.05) is 25.4 Å². The monoisotopic (exact) mass is 820 g/mol. The van der Waals surface area contributed by atoms with Crippen LogP contribution in [-0.4, -0.2) is 82.0 Å². The van der Waals surface area contributed by atoms with Crippen molar-refractivity contribution in [2.75, 3.05) is 13.1 Å². The van der Waals surface area contributed by atoms with E-state index in [-0.39, 0.29) is 70.6 Å². The number of nitrogens with zero attached hydrogens (tertiary/aromatic N) is 1. The van der Waals surface area contributed by atoms with Crippen molar-refractivity contribution in [3.05, 3.63) is 70.8 Å². The molecule has 0 saturated carbocycles. The molecular weight excluding hydrogens is 751 g/mol. The largest absolute Gasteiger partial charge is 1.00 e. The van der Waals surface area contributed by atoms with E-state index in [1.54, 1.807) is 41.5 Å². The van der Waals surface area contributed by atoms with Crippen molar-refractivity contribution in [2.45, 2.75) is 181 Å². The first-order valence-corrected chi connectivity index (χ1v) is 20.2. The van der Waals surface area contributed by atoms with E-state index >= 15 is 0 Å². The Morgan fingerprint density at radius 3 is 1.57 bits per heavy atom. The van der Waals surface area contributed by atoms with Crippen LogP contribution in [0.3, 0.4) is 0 Å². The van der Waals surface area contributed by atoms with Crippen molar-refractivity contribution in [2.24, 2.45) is 0 Å². The molecule has 4 heterocycles. The maximum Gasteiger partial charge on any atom is 1.00 e. The van der Waals surface area contributed by atoms with Crippen LogP contribution >= 0.6 is 0 Å². The minimum Gasteiger partial charge on any atom is -0.870 e. The van der Waals surface area contributed by atoms with Crippen LogP contribution in [0.4, 0.5) is 14.4 Å². The van der Waals surface area contributed by atoms with Gasteiger partial charge in [-0.3, -0.25) is 0 Å². The average molecular weight is 821 g/mol. The molecule has 2 fully saturated rings. The fraction of sp³-hybridized carbons (Fsp3) is 0.667. The van der Waals surface area contributed by atoms with Crippen LogP contribution in [0.2, 0.25) is 0 Å². The summed E-state index contributed by atoms with van der Waals surface area (Å²) < 4.78 is 32.2. The predicted molar refractivity (Wildman–Crippen MR) is 219 cm³/mol. The molecule has 320 valence electrons. The molecule has 2 unspecified atom stereocenters. The normalized spacial score (nSPS) is 23.0. The quantitative estimate of drug-likeness (QED) is 0.144. The van der Waals surface area contributed by atoms with Crippen LogP contribution in [0.15, 0.2) is 48.5 Å². The first-order chi connectivity index (χ1) is 25.8. The summed E-state index contributed by atoms with van der Waals surface area (Å²) >= 11 is 0. The topological polar surface area (TPSA) is 152 Å². The predicted octanol–water partition coefficient (Wildman–Crippen LogP) is 7.01. The van der Waals surface area contributed by atoms with Crippen LogP contribution in [0.25, 0.3) is 0 Å². The number of fused-ring (bicyclic) bond motifs is 2. The molecule has 4 atom stereocenters. The van der Waals surface area contributed by atoms with E-state index in [0.717, 1.165) is 38.8 Å². The van der Waals surface area contributed by atoms with Gasteiger partial charge in [0.1, 0.15) is 22.9 Å². The zero-order chi connectivity index (χ0) is 41.7. The second kappa shape index (κ2) is 20.7. The Kier molecular flexibility index (Phi) is 18.4. The molecule has 4 aliphatic rings. The van der Waals surface area contributed by atoms with Gasteiger partial charge in [-0.25, -0.2) is 14.4 Å². The first kappa shape index (κ1) is 51.4. The first-order valence-electron chi connectivity index (χ1n) is 20.2. The molecule has 2 N–H and O–H groups in total. The molecule has 0 aromatic heterocycles. The Bertz CT molecular complexity index is 1630. The molecule has 0 aliphatic carbocycles. The summed E-state index contributed by atoms with van der Waals surface area (Å²) in [5.74, 6) is 0. The third-order valence-corrected chi connectivity index (χ3v) is 9.53. The fourth-order valence-corrected chi connectivity index (χ4v) is 7.58. The summed E-state index contributed by atoms with van der Waals surface area (Å²) in [6.45, 7) is 26.3. The van der Waals surface area contributed by atoms with E-state index < -0.39 is 29.1 Å². The smallest absolute Gasteiger partial charge is 0.870 e. The molecule has 2 aromatic carbocycles. The Balaban J connectivity index is 0.000000306. The van der Waals surface area contributed by atoms with Gasteiger partial charge in [0.15, 0.2) is 0 Å². The number of benzene rings is 2. The molecule has 58 heavy (non-hydrogen) atoms. The van der Waals surface area contributed by atoms with E-state index in [2.05, 4.69) is 86.3 Å². The van der Waals surface area contributed by atoms with Crippen molar-refractivity contribution < 1.29 is 77.8 Å². The van der Waals surface area contributed by atoms with Gasteiger partial charge in [-0.1, -0.05) is 48.5 Å². The number of ether oxygens (including phenoxy) is 6. The molecule has 0 bridgehead atoms. The summed E-state index contributed by atoms with van der Waals surface area (Å²) in [6.07, 6.45) is 4.18. The zero-order valence-electron chi connectivity index (χ0n) is 37.7. The van der Waals surface area contributed by atoms with Crippen LogP contribution in [0, 0.1) is 0 Å². The SMILES string of the molecule is CC(C)(C)OC(=O)N1CCC[C@H]1C1OC(C)(C)Cc2ccccc21.CC(C)(C)OC(=O)OC(=O)OC(C)(C)C.CC1(C)Cc2ccccc2C([C@@H]2CCCN2)O1.[Na+].[OH-]. The van der Waals surface area contributed by atoms with Gasteiger partial charge in [-0.2, -0.15) is 0 Å². The maximum absolute atomic E-state index is 12.6. The summed E-state index contributed by atoms with van der Waals surface area (Å²) in [7, 11) is 0. The van der Waals surface area contributed by atoms with Gasteiger partial charge in [0.25, 0.3) is 0 Å². The minimum atomic E-state index is -1.06. The van der Waals surface area contributed by atoms with Gasteiger partial charge >= 0.3 is 48.0 Å². The summed E-state index contributed by atoms with van der Waals surface area (Å²) in [4.78, 5) is 36.5. The third-order valence-electron chi connectivity index (χ3n) is 9.53. The van der Waals surface area contributed by atoms with E-state index in [1.807, 2.05) is 25.7 Å². The minimum absolute atomic E-state index is 0. The zero-order valence-corrected chi connectivity index (χ0v) is 39.7. The van der Waals surface area contributed by atoms with Gasteiger partial charge < -0.3 is 44.1 Å². The molecule has 12 nitrogen and oxygen atoms in total. The molecule has 4 aliphatic heterocycles. The number of hydrogen-bond acceptors (Lipinski definition) is 11.